The molecule has 0 aromatic heterocycles. The van der Waals surface area contributed by atoms with Crippen LogP contribution in [0.1, 0.15) is 31.2 Å². The Bertz CT molecular complexity index is 1110. The molecule has 30 heavy (non-hydrogen) atoms. The van der Waals surface area contributed by atoms with Crippen molar-refractivity contribution in [2.45, 2.75) is 36.2 Å². The minimum absolute atomic E-state index is 0.207. The van der Waals surface area contributed by atoms with Crippen molar-refractivity contribution < 1.29 is 8.42 Å². The second-order valence-corrected chi connectivity index (χ2v) is 10.6. The molecule has 2 atom stereocenters. The Morgan fingerprint density at radius 3 is 1.83 bits per heavy atom. The number of anilines is 3. The lowest BCUT2D eigenvalue weighted by molar-refractivity contribution is 0.518. The second kappa shape index (κ2) is 7.77. The number of para-hydroxylation sites is 2. The summed E-state index contributed by atoms with van der Waals surface area (Å²) in [6.45, 7) is 0. The summed E-state index contributed by atoms with van der Waals surface area (Å²) in [6.07, 6.45) is 5.21. The molecule has 152 valence electrons. The van der Waals surface area contributed by atoms with Gasteiger partial charge in [0.05, 0.1) is 10.5 Å². The van der Waals surface area contributed by atoms with E-state index < -0.39 is 9.84 Å². The van der Waals surface area contributed by atoms with Crippen molar-refractivity contribution >= 4 is 32.5 Å². The molecule has 3 aromatic rings. The molecule has 2 unspecified atom stereocenters. The topological polar surface area (TPSA) is 37.4 Å². The minimum Gasteiger partial charge on any atom is -0.311 e. The van der Waals surface area contributed by atoms with Crippen LogP contribution in [0, 0.1) is 0 Å². The standard InChI is InChI=1S/C26H25NO2S/c28-30(29)25-12-7-13-26(30)19-21(18-25)20-14-16-24(17-15-20)27(22-8-3-1-4-9-22)23-10-5-2-6-11-23/h1-6,8-11,14-18,25-26H,7,12-13,19H2. The minimum atomic E-state index is -2.98. The maximum absolute atomic E-state index is 12.6. The summed E-state index contributed by atoms with van der Waals surface area (Å²) < 4.78 is 25.2. The third kappa shape index (κ3) is 3.46. The van der Waals surface area contributed by atoms with E-state index in [1.165, 1.54) is 5.57 Å². The highest BCUT2D eigenvalue weighted by Crippen LogP contribution is 2.40. The van der Waals surface area contributed by atoms with E-state index in [-0.39, 0.29) is 10.5 Å². The highest BCUT2D eigenvalue weighted by Gasteiger charge is 2.40. The predicted octanol–water partition coefficient (Wildman–Crippen LogP) is 6.28. The Kier molecular flexibility index (Phi) is 4.95. The summed E-state index contributed by atoms with van der Waals surface area (Å²) in [5, 5.41) is -0.508. The molecule has 0 amide bonds. The fourth-order valence-corrected chi connectivity index (χ4v) is 6.95. The molecular formula is C26H25NO2S. The van der Waals surface area contributed by atoms with Crippen molar-refractivity contribution in [2.24, 2.45) is 0 Å². The van der Waals surface area contributed by atoms with Crippen molar-refractivity contribution in [1.82, 2.24) is 0 Å². The SMILES string of the molecule is O=S1(=O)C2C=C(c3ccc(N(c4ccccc4)c4ccccc4)cc3)CC1CCC2. The van der Waals surface area contributed by atoms with Gasteiger partial charge in [-0.3, -0.25) is 0 Å². The summed E-state index contributed by atoms with van der Waals surface area (Å²) in [4.78, 5) is 2.23. The zero-order chi connectivity index (χ0) is 20.6. The van der Waals surface area contributed by atoms with Crippen LogP contribution in [0.25, 0.3) is 5.57 Å². The number of rotatable bonds is 4. The summed E-state index contributed by atoms with van der Waals surface area (Å²) in [6, 6.07) is 29.2. The summed E-state index contributed by atoms with van der Waals surface area (Å²) >= 11 is 0. The normalized spacial score (nSPS) is 22.2. The molecule has 0 aliphatic carbocycles. The van der Waals surface area contributed by atoms with Crippen LogP contribution in [0.2, 0.25) is 0 Å². The van der Waals surface area contributed by atoms with Gasteiger partial charge in [-0.05, 0) is 66.8 Å². The molecule has 2 heterocycles. The molecule has 3 nitrogen and oxygen atoms in total. The van der Waals surface area contributed by atoms with Crippen LogP contribution in [0.3, 0.4) is 0 Å². The predicted molar refractivity (Wildman–Crippen MR) is 124 cm³/mol. The smallest absolute Gasteiger partial charge is 0.159 e. The first-order valence-electron chi connectivity index (χ1n) is 10.6. The lowest BCUT2D eigenvalue weighted by Gasteiger charge is -2.33. The third-order valence-electron chi connectivity index (χ3n) is 6.26. The summed E-state index contributed by atoms with van der Waals surface area (Å²) in [5.41, 5.74) is 5.60. The average molecular weight is 416 g/mol. The van der Waals surface area contributed by atoms with Crippen molar-refractivity contribution in [3.8, 4) is 0 Å². The van der Waals surface area contributed by atoms with Crippen molar-refractivity contribution in [1.29, 1.82) is 0 Å². The molecule has 0 saturated carbocycles. The van der Waals surface area contributed by atoms with E-state index >= 15 is 0 Å². The number of sulfone groups is 1. The Labute approximate surface area is 178 Å². The van der Waals surface area contributed by atoms with Crippen molar-refractivity contribution in [3.05, 3.63) is 96.6 Å². The molecule has 0 radical (unpaired) electrons. The first kappa shape index (κ1) is 19.1. The molecule has 2 aliphatic rings. The second-order valence-electron chi connectivity index (χ2n) is 8.13. The van der Waals surface area contributed by atoms with Gasteiger partial charge in [-0.2, -0.15) is 0 Å². The van der Waals surface area contributed by atoms with E-state index in [1.54, 1.807) is 0 Å². The summed E-state index contributed by atoms with van der Waals surface area (Å²) in [7, 11) is -2.98. The van der Waals surface area contributed by atoms with Crippen LogP contribution in [0.5, 0.6) is 0 Å². The van der Waals surface area contributed by atoms with Crippen LogP contribution >= 0.6 is 0 Å². The van der Waals surface area contributed by atoms with E-state index in [0.717, 1.165) is 41.9 Å². The lowest BCUT2D eigenvalue weighted by Crippen LogP contribution is -2.38. The summed E-state index contributed by atoms with van der Waals surface area (Å²) in [5.74, 6) is 0. The first-order valence-corrected chi connectivity index (χ1v) is 12.2. The molecule has 4 heteroatoms. The van der Waals surface area contributed by atoms with Gasteiger partial charge in [-0.1, -0.05) is 61.0 Å². The maximum Gasteiger partial charge on any atom is 0.159 e. The molecule has 0 spiro atoms. The van der Waals surface area contributed by atoms with Crippen LogP contribution in [-0.2, 0) is 9.84 Å². The average Bonchev–Trinajstić information content (AvgIpc) is 2.75. The molecule has 0 N–H and O–H groups in total. The number of nitrogens with zero attached hydrogens (tertiary/aromatic N) is 1. The van der Waals surface area contributed by atoms with Crippen LogP contribution in [0.4, 0.5) is 17.1 Å². The van der Waals surface area contributed by atoms with Gasteiger partial charge < -0.3 is 4.90 Å². The molecule has 2 aliphatic heterocycles. The monoisotopic (exact) mass is 415 g/mol. The molecule has 5 rings (SSSR count). The Morgan fingerprint density at radius 2 is 1.27 bits per heavy atom. The molecular weight excluding hydrogens is 390 g/mol. The lowest BCUT2D eigenvalue weighted by atomic mass is 9.93. The molecule has 1 fully saturated rings. The van der Waals surface area contributed by atoms with Crippen LogP contribution in [-0.4, -0.2) is 18.9 Å². The van der Waals surface area contributed by atoms with Crippen molar-refractivity contribution in [2.75, 3.05) is 4.90 Å². The number of allylic oxidation sites excluding steroid dienone is 1. The van der Waals surface area contributed by atoms with E-state index in [9.17, 15) is 8.42 Å². The fourth-order valence-electron chi connectivity index (χ4n) is 4.70. The highest BCUT2D eigenvalue weighted by molar-refractivity contribution is 7.93. The van der Waals surface area contributed by atoms with Crippen LogP contribution in [0.15, 0.2) is 91.0 Å². The quantitative estimate of drug-likeness (QED) is 0.503. The zero-order valence-corrected chi connectivity index (χ0v) is 17.6. The zero-order valence-electron chi connectivity index (χ0n) is 16.8. The number of hydrogen-bond donors (Lipinski definition) is 0. The Balaban J connectivity index is 1.50. The number of fused-ring (bicyclic) bond motifs is 2. The van der Waals surface area contributed by atoms with E-state index in [1.807, 2.05) is 42.5 Å². The van der Waals surface area contributed by atoms with E-state index in [4.69, 9.17) is 0 Å². The van der Waals surface area contributed by atoms with Gasteiger partial charge in [-0.15, -0.1) is 0 Å². The number of benzene rings is 3. The number of hydrogen-bond acceptors (Lipinski definition) is 3. The molecule has 3 aromatic carbocycles. The van der Waals surface area contributed by atoms with Gasteiger partial charge in [0, 0.05) is 17.1 Å². The van der Waals surface area contributed by atoms with Gasteiger partial charge >= 0.3 is 0 Å². The Morgan fingerprint density at radius 1 is 0.700 bits per heavy atom. The van der Waals surface area contributed by atoms with Crippen LogP contribution < -0.4 is 4.90 Å². The van der Waals surface area contributed by atoms with E-state index in [0.29, 0.717) is 6.42 Å². The fraction of sp³-hybridized carbons (Fsp3) is 0.231. The van der Waals surface area contributed by atoms with Crippen molar-refractivity contribution in [3.63, 3.8) is 0 Å². The largest absolute Gasteiger partial charge is 0.311 e. The van der Waals surface area contributed by atoms with Gasteiger partial charge in [-0.25, -0.2) is 8.42 Å². The third-order valence-corrected chi connectivity index (χ3v) is 8.81. The first-order chi connectivity index (χ1) is 14.6. The van der Waals surface area contributed by atoms with Gasteiger partial charge in [0.15, 0.2) is 9.84 Å². The van der Waals surface area contributed by atoms with Gasteiger partial charge in [0.25, 0.3) is 0 Å². The van der Waals surface area contributed by atoms with Gasteiger partial charge in [0.2, 0.25) is 0 Å². The Hall–Kier alpha value is -2.85. The van der Waals surface area contributed by atoms with E-state index in [2.05, 4.69) is 53.4 Å². The van der Waals surface area contributed by atoms with Gasteiger partial charge in [0.1, 0.15) is 0 Å². The highest BCUT2D eigenvalue weighted by atomic mass is 32.2. The molecule has 2 bridgehead atoms. The maximum atomic E-state index is 12.6. The molecule has 1 saturated heterocycles.